The van der Waals surface area contributed by atoms with E-state index in [1.165, 1.54) is 6.20 Å². The summed E-state index contributed by atoms with van der Waals surface area (Å²) < 4.78 is 26.9. The maximum atomic E-state index is 12.1. The molecule has 7 heteroatoms. The molecule has 2 unspecified atom stereocenters. The molecule has 17 heavy (non-hydrogen) atoms. The third-order valence-electron chi connectivity index (χ3n) is 3.20. The molecule has 0 radical (unpaired) electrons. The van der Waals surface area contributed by atoms with Crippen LogP contribution in [0.15, 0.2) is 11.1 Å². The van der Waals surface area contributed by atoms with Gasteiger partial charge < -0.3 is 5.73 Å². The third kappa shape index (κ3) is 2.67. The van der Waals surface area contributed by atoms with E-state index in [4.69, 9.17) is 5.73 Å². The smallest absolute Gasteiger partial charge is 0.244 e. The molecule has 0 aromatic carbocycles. The number of nitrogens with zero attached hydrogens (tertiary/aromatic N) is 1. The van der Waals surface area contributed by atoms with Gasteiger partial charge >= 0.3 is 0 Å². The molecule has 96 valence electrons. The number of sulfonamides is 1. The summed E-state index contributed by atoms with van der Waals surface area (Å²) in [5.74, 6) is 0. The van der Waals surface area contributed by atoms with Gasteiger partial charge in [-0.1, -0.05) is 12.8 Å². The molecule has 1 fully saturated rings. The van der Waals surface area contributed by atoms with E-state index >= 15 is 0 Å². The second-order valence-corrected chi connectivity index (χ2v) is 6.22. The van der Waals surface area contributed by atoms with Crippen LogP contribution in [-0.4, -0.2) is 30.7 Å². The molecule has 1 aliphatic carbocycles. The molecule has 0 saturated heterocycles. The maximum absolute atomic E-state index is 12.1. The lowest BCUT2D eigenvalue weighted by atomic mass is 9.92. The van der Waals surface area contributed by atoms with E-state index in [0.717, 1.165) is 25.7 Å². The summed E-state index contributed by atoms with van der Waals surface area (Å²) in [4.78, 5) is 0.204. The molecule has 1 heterocycles. The molecule has 1 aromatic heterocycles. The number of aryl methyl sites for hydroxylation is 1. The highest BCUT2D eigenvalue weighted by atomic mass is 32.2. The highest BCUT2D eigenvalue weighted by molar-refractivity contribution is 7.89. The number of hydrogen-bond donors (Lipinski definition) is 3. The highest BCUT2D eigenvalue weighted by Crippen LogP contribution is 2.20. The zero-order chi connectivity index (χ0) is 12.5. The largest absolute Gasteiger partial charge is 0.326 e. The fourth-order valence-corrected chi connectivity index (χ4v) is 3.64. The van der Waals surface area contributed by atoms with Gasteiger partial charge in [0.2, 0.25) is 10.0 Å². The van der Waals surface area contributed by atoms with Gasteiger partial charge in [0.1, 0.15) is 4.90 Å². The van der Waals surface area contributed by atoms with Crippen LogP contribution in [0.3, 0.4) is 0 Å². The fourth-order valence-electron chi connectivity index (χ4n) is 2.18. The van der Waals surface area contributed by atoms with E-state index in [2.05, 4.69) is 14.9 Å². The normalized spacial score (nSPS) is 26.0. The minimum atomic E-state index is -3.50. The number of nitrogens with one attached hydrogen (secondary N) is 2. The SMILES string of the molecule is Cc1[nH]ncc1S(=O)(=O)NC1CCCCC1N. The summed E-state index contributed by atoms with van der Waals surface area (Å²) in [5, 5.41) is 6.35. The van der Waals surface area contributed by atoms with Crippen molar-refractivity contribution < 1.29 is 8.42 Å². The van der Waals surface area contributed by atoms with Crippen LogP contribution < -0.4 is 10.5 Å². The average molecular weight is 258 g/mol. The Kier molecular flexibility index (Phi) is 3.50. The first kappa shape index (κ1) is 12.5. The second-order valence-electron chi connectivity index (χ2n) is 4.54. The first-order valence-corrected chi connectivity index (χ1v) is 7.27. The van der Waals surface area contributed by atoms with Gasteiger partial charge in [-0.15, -0.1) is 0 Å². The summed E-state index contributed by atoms with van der Waals surface area (Å²) in [6.45, 7) is 1.68. The van der Waals surface area contributed by atoms with Crippen LogP contribution in [0.2, 0.25) is 0 Å². The zero-order valence-corrected chi connectivity index (χ0v) is 10.6. The predicted molar refractivity (Wildman–Crippen MR) is 63.9 cm³/mol. The van der Waals surface area contributed by atoms with E-state index < -0.39 is 10.0 Å². The predicted octanol–water partition coefficient (Wildman–Crippen LogP) is 0.266. The first-order valence-electron chi connectivity index (χ1n) is 5.78. The van der Waals surface area contributed by atoms with Crippen LogP contribution in [0, 0.1) is 6.92 Å². The van der Waals surface area contributed by atoms with Gasteiger partial charge in [-0.2, -0.15) is 5.10 Å². The summed E-state index contributed by atoms with van der Waals surface area (Å²) >= 11 is 0. The molecule has 0 aliphatic heterocycles. The molecule has 2 rings (SSSR count). The van der Waals surface area contributed by atoms with Crippen LogP contribution in [-0.2, 0) is 10.0 Å². The Bertz CT molecular complexity index is 482. The van der Waals surface area contributed by atoms with Crippen LogP contribution in [0.5, 0.6) is 0 Å². The van der Waals surface area contributed by atoms with Crippen molar-refractivity contribution in [2.45, 2.75) is 49.6 Å². The first-order chi connectivity index (χ1) is 8.00. The number of rotatable bonds is 3. The van der Waals surface area contributed by atoms with Crippen LogP contribution in [0.1, 0.15) is 31.4 Å². The van der Waals surface area contributed by atoms with Gasteiger partial charge in [-0.25, -0.2) is 13.1 Å². The Balaban J connectivity index is 2.15. The van der Waals surface area contributed by atoms with Gasteiger partial charge in [0, 0.05) is 12.1 Å². The van der Waals surface area contributed by atoms with E-state index in [1.54, 1.807) is 6.92 Å². The number of aromatic nitrogens is 2. The van der Waals surface area contributed by atoms with Crippen molar-refractivity contribution in [2.24, 2.45) is 5.73 Å². The summed E-state index contributed by atoms with van der Waals surface area (Å²) in [6.07, 6.45) is 5.09. The van der Waals surface area contributed by atoms with Crippen LogP contribution in [0.4, 0.5) is 0 Å². The minimum Gasteiger partial charge on any atom is -0.326 e. The highest BCUT2D eigenvalue weighted by Gasteiger charge is 2.28. The molecule has 0 bridgehead atoms. The molecule has 0 spiro atoms. The zero-order valence-electron chi connectivity index (χ0n) is 9.81. The summed E-state index contributed by atoms with van der Waals surface area (Å²) in [7, 11) is -3.50. The summed E-state index contributed by atoms with van der Waals surface area (Å²) in [6, 6.07) is -0.256. The Labute approximate surface area is 101 Å². The molecule has 1 aromatic rings. The van der Waals surface area contributed by atoms with E-state index in [9.17, 15) is 8.42 Å². The third-order valence-corrected chi connectivity index (χ3v) is 4.80. The molecule has 1 saturated carbocycles. The number of nitrogens with two attached hydrogens (primary N) is 1. The topological polar surface area (TPSA) is 101 Å². The second kappa shape index (κ2) is 4.75. The van der Waals surface area contributed by atoms with Crippen molar-refractivity contribution in [1.29, 1.82) is 0 Å². The standard InChI is InChI=1S/C10H18N4O2S/c1-7-10(6-12-13-7)17(15,16)14-9-5-3-2-4-8(9)11/h6,8-9,14H,2-5,11H2,1H3,(H,12,13). The Morgan fingerprint density at radius 1 is 1.47 bits per heavy atom. The van der Waals surface area contributed by atoms with Crippen LogP contribution in [0.25, 0.3) is 0 Å². The Hall–Kier alpha value is -0.920. The maximum Gasteiger partial charge on any atom is 0.244 e. The molecule has 4 N–H and O–H groups in total. The number of aromatic amines is 1. The molecular formula is C10H18N4O2S. The molecule has 0 amide bonds. The van der Waals surface area contributed by atoms with Gasteiger partial charge in [-0.05, 0) is 19.8 Å². The lowest BCUT2D eigenvalue weighted by Gasteiger charge is -2.28. The molecule has 1 aliphatic rings. The van der Waals surface area contributed by atoms with Gasteiger partial charge in [0.05, 0.1) is 11.9 Å². The quantitative estimate of drug-likeness (QED) is 0.724. The summed E-state index contributed by atoms with van der Waals surface area (Å²) in [5.41, 5.74) is 6.47. The molecular weight excluding hydrogens is 240 g/mol. The fraction of sp³-hybridized carbons (Fsp3) is 0.700. The number of hydrogen-bond acceptors (Lipinski definition) is 4. The van der Waals surface area contributed by atoms with E-state index in [1.807, 2.05) is 0 Å². The van der Waals surface area contributed by atoms with Crippen molar-refractivity contribution in [2.75, 3.05) is 0 Å². The minimum absolute atomic E-state index is 0.0919. The van der Waals surface area contributed by atoms with Gasteiger partial charge in [0.25, 0.3) is 0 Å². The van der Waals surface area contributed by atoms with Gasteiger partial charge in [-0.3, -0.25) is 5.10 Å². The van der Waals surface area contributed by atoms with Crippen molar-refractivity contribution in [3.05, 3.63) is 11.9 Å². The van der Waals surface area contributed by atoms with E-state index in [0.29, 0.717) is 5.69 Å². The van der Waals surface area contributed by atoms with Crippen molar-refractivity contribution >= 4 is 10.0 Å². The van der Waals surface area contributed by atoms with Crippen molar-refractivity contribution in [1.82, 2.24) is 14.9 Å². The monoisotopic (exact) mass is 258 g/mol. The van der Waals surface area contributed by atoms with Crippen molar-refractivity contribution in [3.63, 3.8) is 0 Å². The van der Waals surface area contributed by atoms with Gasteiger partial charge in [0.15, 0.2) is 0 Å². The van der Waals surface area contributed by atoms with Crippen molar-refractivity contribution in [3.8, 4) is 0 Å². The Morgan fingerprint density at radius 2 is 2.18 bits per heavy atom. The average Bonchev–Trinajstić information content (AvgIpc) is 2.68. The number of H-pyrrole nitrogens is 1. The lowest BCUT2D eigenvalue weighted by molar-refractivity contribution is 0.361. The molecule has 2 atom stereocenters. The molecule has 6 nitrogen and oxygen atoms in total. The van der Waals surface area contributed by atoms with E-state index in [-0.39, 0.29) is 17.0 Å². The lowest BCUT2D eigenvalue weighted by Crippen LogP contribution is -2.49. The Morgan fingerprint density at radius 3 is 2.76 bits per heavy atom. The van der Waals surface area contributed by atoms with Crippen LogP contribution >= 0.6 is 0 Å².